The van der Waals surface area contributed by atoms with Crippen molar-refractivity contribution in [3.05, 3.63) is 24.3 Å². The molecule has 1 aromatic heterocycles. The van der Waals surface area contributed by atoms with Gasteiger partial charge in [0.15, 0.2) is 0 Å². The highest BCUT2D eigenvalue weighted by Gasteiger charge is 2.15. The van der Waals surface area contributed by atoms with Gasteiger partial charge in [0, 0.05) is 19.0 Å². The first-order valence-corrected chi connectivity index (χ1v) is 7.79. The molecule has 0 atom stereocenters. The van der Waals surface area contributed by atoms with Gasteiger partial charge in [-0.25, -0.2) is 4.98 Å². The Labute approximate surface area is 124 Å². The maximum Gasteiger partial charge on any atom is 0.221 e. The summed E-state index contributed by atoms with van der Waals surface area (Å²) < 4.78 is 0. The molecular formula is C16H22N4O. The number of H-pyrrole nitrogens is 1. The highest BCUT2D eigenvalue weighted by atomic mass is 16.1. The summed E-state index contributed by atoms with van der Waals surface area (Å²) in [5.41, 5.74) is 1.94. The van der Waals surface area contributed by atoms with Gasteiger partial charge in [-0.15, -0.1) is 0 Å². The number of aromatic amines is 1. The summed E-state index contributed by atoms with van der Waals surface area (Å²) in [6, 6.07) is 8.28. The van der Waals surface area contributed by atoms with E-state index in [0.29, 0.717) is 19.0 Å². The van der Waals surface area contributed by atoms with Gasteiger partial charge in [-0.3, -0.25) is 4.79 Å². The fourth-order valence-electron chi connectivity index (χ4n) is 2.88. The Hall–Kier alpha value is -2.04. The Kier molecular flexibility index (Phi) is 4.38. The van der Waals surface area contributed by atoms with Gasteiger partial charge in [0.1, 0.15) is 0 Å². The molecule has 2 aromatic rings. The summed E-state index contributed by atoms with van der Waals surface area (Å²) in [4.78, 5) is 19.5. The van der Waals surface area contributed by atoms with E-state index >= 15 is 0 Å². The third-order valence-electron chi connectivity index (χ3n) is 4.00. The van der Waals surface area contributed by atoms with Crippen molar-refractivity contribution in [2.24, 2.45) is 0 Å². The Morgan fingerprint density at radius 2 is 2.05 bits per heavy atom. The molecule has 5 nitrogen and oxygen atoms in total. The number of fused-ring (bicyclic) bond motifs is 1. The Balaban J connectivity index is 1.43. The number of imidazole rings is 1. The van der Waals surface area contributed by atoms with Crippen molar-refractivity contribution in [2.75, 3.05) is 11.9 Å². The first-order valence-electron chi connectivity index (χ1n) is 7.79. The quantitative estimate of drug-likeness (QED) is 0.791. The van der Waals surface area contributed by atoms with Crippen LogP contribution in [0.25, 0.3) is 11.0 Å². The summed E-state index contributed by atoms with van der Waals surface area (Å²) >= 11 is 0. The SMILES string of the molecule is O=C(CCNc1nc2ccccc2[nH]1)NC1CCCCC1. The molecule has 1 aliphatic rings. The number of hydrogen-bond acceptors (Lipinski definition) is 3. The lowest BCUT2D eigenvalue weighted by Gasteiger charge is -2.22. The number of para-hydroxylation sites is 2. The lowest BCUT2D eigenvalue weighted by Crippen LogP contribution is -2.36. The average Bonchev–Trinajstić information content (AvgIpc) is 2.91. The van der Waals surface area contributed by atoms with Crippen LogP contribution in [-0.2, 0) is 4.79 Å². The molecule has 1 heterocycles. The maximum absolute atomic E-state index is 11.9. The average molecular weight is 286 g/mol. The predicted molar refractivity (Wildman–Crippen MR) is 84.2 cm³/mol. The van der Waals surface area contributed by atoms with Gasteiger partial charge in [-0.1, -0.05) is 31.4 Å². The molecule has 21 heavy (non-hydrogen) atoms. The van der Waals surface area contributed by atoms with E-state index in [4.69, 9.17) is 0 Å². The number of nitrogens with zero attached hydrogens (tertiary/aromatic N) is 1. The molecule has 1 saturated carbocycles. The number of carbonyl (C=O) groups excluding carboxylic acids is 1. The molecule has 1 amide bonds. The Morgan fingerprint density at radius 3 is 2.86 bits per heavy atom. The van der Waals surface area contributed by atoms with Gasteiger partial charge < -0.3 is 15.6 Å². The number of carbonyl (C=O) groups is 1. The largest absolute Gasteiger partial charge is 0.355 e. The van der Waals surface area contributed by atoms with Gasteiger partial charge in [0.25, 0.3) is 0 Å². The third kappa shape index (κ3) is 3.74. The molecule has 5 heteroatoms. The molecule has 1 fully saturated rings. The molecule has 3 N–H and O–H groups in total. The summed E-state index contributed by atoms with van der Waals surface area (Å²) in [6.45, 7) is 0.596. The number of hydrogen-bond donors (Lipinski definition) is 3. The van der Waals surface area contributed by atoms with Crippen molar-refractivity contribution >= 4 is 22.9 Å². The van der Waals surface area contributed by atoms with Crippen molar-refractivity contribution in [1.82, 2.24) is 15.3 Å². The number of nitrogens with one attached hydrogen (secondary N) is 3. The van der Waals surface area contributed by atoms with Crippen LogP contribution in [0.3, 0.4) is 0 Å². The van der Waals surface area contributed by atoms with Crippen LogP contribution in [0.4, 0.5) is 5.95 Å². The van der Waals surface area contributed by atoms with Crippen LogP contribution in [0.1, 0.15) is 38.5 Å². The molecule has 1 aromatic carbocycles. The van der Waals surface area contributed by atoms with Gasteiger partial charge in [0.05, 0.1) is 11.0 Å². The van der Waals surface area contributed by atoms with E-state index in [1.54, 1.807) is 0 Å². The molecule has 3 rings (SSSR count). The van der Waals surface area contributed by atoms with Gasteiger partial charge in [0.2, 0.25) is 11.9 Å². The Morgan fingerprint density at radius 1 is 1.24 bits per heavy atom. The van der Waals surface area contributed by atoms with Gasteiger partial charge in [-0.05, 0) is 25.0 Å². The molecule has 1 aliphatic carbocycles. The fraction of sp³-hybridized carbons (Fsp3) is 0.500. The number of aromatic nitrogens is 2. The van der Waals surface area contributed by atoms with Gasteiger partial charge >= 0.3 is 0 Å². The molecule has 0 radical (unpaired) electrons. The zero-order valence-electron chi connectivity index (χ0n) is 12.2. The fourth-order valence-corrected chi connectivity index (χ4v) is 2.88. The number of amides is 1. The van der Waals surface area contributed by atoms with Crippen molar-refractivity contribution in [2.45, 2.75) is 44.6 Å². The number of benzene rings is 1. The number of rotatable bonds is 5. The minimum atomic E-state index is 0.130. The normalized spacial score (nSPS) is 16.0. The van der Waals surface area contributed by atoms with E-state index < -0.39 is 0 Å². The maximum atomic E-state index is 11.9. The summed E-state index contributed by atoms with van der Waals surface area (Å²) in [5, 5.41) is 6.30. The molecule has 0 saturated heterocycles. The van der Waals surface area contributed by atoms with E-state index in [0.717, 1.165) is 29.8 Å². The Bertz CT molecular complexity index is 568. The molecule has 0 bridgehead atoms. The minimum absolute atomic E-state index is 0.130. The zero-order chi connectivity index (χ0) is 14.5. The third-order valence-corrected chi connectivity index (χ3v) is 4.00. The molecule has 0 aliphatic heterocycles. The van der Waals surface area contributed by atoms with Crippen molar-refractivity contribution < 1.29 is 4.79 Å². The van der Waals surface area contributed by atoms with Crippen molar-refractivity contribution in [3.8, 4) is 0 Å². The highest BCUT2D eigenvalue weighted by Crippen LogP contribution is 2.17. The second-order valence-corrected chi connectivity index (χ2v) is 5.68. The molecule has 112 valence electrons. The summed E-state index contributed by atoms with van der Waals surface area (Å²) in [7, 11) is 0. The van der Waals surface area contributed by atoms with Crippen LogP contribution in [0.2, 0.25) is 0 Å². The first kappa shape index (κ1) is 13.9. The first-order chi connectivity index (χ1) is 10.3. The standard InChI is InChI=1S/C16H22N4O/c21-15(18-12-6-2-1-3-7-12)10-11-17-16-19-13-8-4-5-9-14(13)20-16/h4-5,8-9,12H,1-3,6-7,10-11H2,(H,18,21)(H2,17,19,20). The molecule has 0 unspecified atom stereocenters. The highest BCUT2D eigenvalue weighted by molar-refractivity contribution is 5.78. The van der Waals surface area contributed by atoms with Crippen LogP contribution in [0.5, 0.6) is 0 Å². The van der Waals surface area contributed by atoms with Crippen LogP contribution >= 0.6 is 0 Å². The number of anilines is 1. The van der Waals surface area contributed by atoms with E-state index in [2.05, 4.69) is 20.6 Å². The van der Waals surface area contributed by atoms with E-state index in [9.17, 15) is 4.79 Å². The van der Waals surface area contributed by atoms with E-state index in [1.165, 1.54) is 19.3 Å². The zero-order valence-corrected chi connectivity index (χ0v) is 12.2. The predicted octanol–water partition coefficient (Wildman–Crippen LogP) is 2.81. The van der Waals surface area contributed by atoms with Gasteiger partial charge in [-0.2, -0.15) is 0 Å². The lowest BCUT2D eigenvalue weighted by molar-refractivity contribution is -0.121. The van der Waals surface area contributed by atoms with Crippen LogP contribution in [-0.4, -0.2) is 28.5 Å². The van der Waals surface area contributed by atoms with Crippen LogP contribution < -0.4 is 10.6 Å². The molecule has 0 spiro atoms. The second kappa shape index (κ2) is 6.61. The lowest BCUT2D eigenvalue weighted by atomic mass is 9.95. The topological polar surface area (TPSA) is 69.8 Å². The van der Waals surface area contributed by atoms with Crippen molar-refractivity contribution in [1.29, 1.82) is 0 Å². The summed E-state index contributed by atoms with van der Waals surface area (Å²) in [6.07, 6.45) is 6.52. The van der Waals surface area contributed by atoms with Crippen LogP contribution in [0.15, 0.2) is 24.3 Å². The smallest absolute Gasteiger partial charge is 0.221 e. The van der Waals surface area contributed by atoms with Crippen molar-refractivity contribution in [3.63, 3.8) is 0 Å². The second-order valence-electron chi connectivity index (χ2n) is 5.68. The monoisotopic (exact) mass is 286 g/mol. The van der Waals surface area contributed by atoms with E-state index in [-0.39, 0.29) is 5.91 Å². The van der Waals surface area contributed by atoms with Crippen LogP contribution in [0, 0.1) is 0 Å². The van der Waals surface area contributed by atoms with E-state index in [1.807, 2.05) is 24.3 Å². The molecular weight excluding hydrogens is 264 g/mol. The summed E-state index contributed by atoms with van der Waals surface area (Å²) in [5.74, 6) is 0.854. The minimum Gasteiger partial charge on any atom is -0.355 e.